The van der Waals surface area contributed by atoms with Crippen LogP contribution in [0.4, 0.5) is 11.4 Å². The highest BCUT2D eigenvalue weighted by atomic mass is 35.5. The van der Waals surface area contributed by atoms with E-state index in [1.54, 1.807) is 48.5 Å². The van der Waals surface area contributed by atoms with Crippen LogP contribution in [0.15, 0.2) is 76.5 Å². The van der Waals surface area contributed by atoms with Crippen molar-refractivity contribution in [3.05, 3.63) is 77.3 Å². The second kappa shape index (κ2) is 7.51. The number of hydrogen-bond donors (Lipinski definition) is 3. The highest BCUT2D eigenvalue weighted by Crippen LogP contribution is 2.34. The number of nitrogens with two attached hydrogens (primary N) is 1. The third-order valence-electron chi connectivity index (χ3n) is 3.42. The van der Waals surface area contributed by atoms with Crippen molar-refractivity contribution in [1.82, 2.24) is 0 Å². The van der Waals surface area contributed by atoms with Crippen molar-refractivity contribution < 1.29 is 9.90 Å². The summed E-state index contributed by atoms with van der Waals surface area (Å²) in [5, 5.41) is 12.6. The van der Waals surface area contributed by atoms with E-state index >= 15 is 0 Å². The van der Waals surface area contributed by atoms with Crippen molar-refractivity contribution in [2.45, 2.75) is 9.79 Å². The fraction of sp³-hybridized carbons (Fsp3) is 0. The van der Waals surface area contributed by atoms with Gasteiger partial charge in [0.05, 0.1) is 0 Å². The van der Waals surface area contributed by atoms with Crippen LogP contribution in [0.25, 0.3) is 0 Å². The number of phenolic OH excluding ortho intramolecular Hbond substituents is 1. The van der Waals surface area contributed by atoms with E-state index in [4.69, 9.17) is 17.3 Å². The normalized spacial score (nSPS) is 10.4. The molecular formula is C19H15ClN2O2S. The van der Waals surface area contributed by atoms with E-state index in [-0.39, 0.29) is 11.7 Å². The number of carbonyl (C=O) groups excluding carboxylic acids is 1. The lowest BCUT2D eigenvalue weighted by Gasteiger charge is -2.10. The molecule has 0 atom stereocenters. The third kappa shape index (κ3) is 4.47. The number of aromatic hydroxyl groups is 1. The van der Waals surface area contributed by atoms with Gasteiger partial charge in [-0.05, 0) is 60.7 Å². The Morgan fingerprint density at radius 1 is 1.04 bits per heavy atom. The molecule has 6 heteroatoms. The highest BCUT2D eigenvalue weighted by molar-refractivity contribution is 7.99. The first-order valence-corrected chi connectivity index (χ1v) is 8.64. The Labute approximate surface area is 154 Å². The largest absolute Gasteiger partial charge is 0.508 e. The molecule has 3 rings (SSSR count). The molecule has 0 bridgehead atoms. The number of hydrogen-bond acceptors (Lipinski definition) is 4. The molecule has 0 unspecified atom stereocenters. The molecule has 0 aliphatic carbocycles. The molecule has 3 aromatic carbocycles. The summed E-state index contributed by atoms with van der Waals surface area (Å²) < 4.78 is 0. The first-order chi connectivity index (χ1) is 12.0. The molecule has 0 radical (unpaired) electrons. The molecule has 0 heterocycles. The van der Waals surface area contributed by atoms with Gasteiger partial charge >= 0.3 is 0 Å². The number of amides is 1. The van der Waals surface area contributed by atoms with Crippen LogP contribution >= 0.6 is 23.4 Å². The molecule has 1 amide bonds. The van der Waals surface area contributed by atoms with Crippen LogP contribution in [-0.4, -0.2) is 11.0 Å². The first-order valence-electron chi connectivity index (χ1n) is 7.44. The van der Waals surface area contributed by atoms with Crippen LogP contribution < -0.4 is 11.1 Å². The van der Waals surface area contributed by atoms with Gasteiger partial charge in [0.15, 0.2) is 0 Å². The maximum Gasteiger partial charge on any atom is 0.255 e. The molecule has 3 aromatic rings. The zero-order chi connectivity index (χ0) is 17.8. The maximum absolute atomic E-state index is 12.2. The second-order valence-electron chi connectivity index (χ2n) is 5.31. The van der Waals surface area contributed by atoms with Crippen molar-refractivity contribution in [1.29, 1.82) is 0 Å². The summed E-state index contributed by atoms with van der Waals surface area (Å²) in [5.74, 6) is -0.0303. The van der Waals surface area contributed by atoms with Crippen molar-refractivity contribution in [2.24, 2.45) is 0 Å². The van der Waals surface area contributed by atoms with Gasteiger partial charge in [-0.25, -0.2) is 0 Å². The van der Waals surface area contributed by atoms with Crippen molar-refractivity contribution in [3.8, 4) is 5.75 Å². The molecule has 4 nitrogen and oxygen atoms in total. The smallest absolute Gasteiger partial charge is 0.255 e. The Kier molecular flexibility index (Phi) is 5.16. The number of carbonyl (C=O) groups is 1. The van der Waals surface area contributed by atoms with Gasteiger partial charge in [-0.3, -0.25) is 4.79 Å². The van der Waals surface area contributed by atoms with E-state index < -0.39 is 0 Å². The Balaban J connectivity index is 1.73. The van der Waals surface area contributed by atoms with Crippen molar-refractivity contribution >= 4 is 40.6 Å². The van der Waals surface area contributed by atoms with Crippen molar-refractivity contribution in [3.63, 3.8) is 0 Å². The molecule has 0 saturated carbocycles. The average molecular weight is 371 g/mol. The van der Waals surface area contributed by atoms with E-state index in [0.717, 1.165) is 9.79 Å². The van der Waals surface area contributed by atoms with Gasteiger partial charge in [0.25, 0.3) is 5.91 Å². The predicted molar refractivity (Wildman–Crippen MR) is 102 cm³/mol. The minimum Gasteiger partial charge on any atom is -0.508 e. The number of benzene rings is 3. The van der Waals surface area contributed by atoms with Crippen LogP contribution in [0.3, 0.4) is 0 Å². The minimum atomic E-state index is -0.249. The Hall–Kier alpha value is -2.63. The lowest BCUT2D eigenvalue weighted by atomic mass is 10.2. The summed E-state index contributed by atoms with van der Waals surface area (Å²) in [4.78, 5) is 14.1. The first kappa shape index (κ1) is 17.2. The second-order valence-corrected chi connectivity index (χ2v) is 6.86. The molecule has 0 aliphatic heterocycles. The Morgan fingerprint density at radius 2 is 1.80 bits per heavy atom. The Morgan fingerprint density at radius 3 is 2.48 bits per heavy atom. The van der Waals surface area contributed by atoms with Gasteiger partial charge in [-0.15, -0.1) is 0 Å². The molecule has 0 fully saturated rings. The molecule has 0 aromatic heterocycles. The van der Waals surface area contributed by atoms with Crippen LogP contribution in [0.1, 0.15) is 10.4 Å². The summed E-state index contributed by atoms with van der Waals surface area (Å²) in [6, 6.07) is 19.0. The third-order valence-corrected chi connectivity index (χ3v) is 4.75. The van der Waals surface area contributed by atoms with Gasteiger partial charge in [0.1, 0.15) is 5.75 Å². The number of phenols is 1. The maximum atomic E-state index is 12.2. The Bertz CT molecular complexity index is 914. The molecule has 126 valence electrons. The summed E-state index contributed by atoms with van der Waals surface area (Å²) in [6.07, 6.45) is 0. The predicted octanol–water partition coefficient (Wildman–Crippen LogP) is 5.03. The standard InChI is InChI=1S/C19H15ClN2O2S/c20-13-3-1-2-12(10-13)19(24)22-14-4-9-18(17(21)11-14)25-16-7-5-15(23)6-8-16/h1-11,23H,21H2,(H,22,24). The molecular weight excluding hydrogens is 356 g/mol. The van der Waals surface area contributed by atoms with Crippen LogP contribution in [0, 0.1) is 0 Å². The van der Waals surface area contributed by atoms with E-state index in [1.165, 1.54) is 11.8 Å². The van der Waals surface area contributed by atoms with Gasteiger partial charge in [0, 0.05) is 31.8 Å². The summed E-state index contributed by atoms with van der Waals surface area (Å²) in [6.45, 7) is 0. The summed E-state index contributed by atoms with van der Waals surface area (Å²) >= 11 is 7.39. The number of nitrogens with one attached hydrogen (secondary N) is 1. The summed E-state index contributed by atoms with van der Waals surface area (Å²) in [5.41, 5.74) is 7.74. The van der Waals surface area contributed by atoms with E-state index in [0.29, 0.717) is 22.0 Å². The van der Waals surface area contributed by atoms with Crippen LogP contribution in [-0.2, 0) is 0 Å². The van der Waals surface area contributed by atoms with E-state index in [9.17, 15) is 9.90 Å². The molecule has 0 aliphatic rings. The number of rotatable bonds is 4. The fourth-order valence-corrected chi connectivity index (χ4v) is 3.22. The number of anilines is 2. The van der Waals surface area contributed by atoms with Crippen LogP contribution in [0.5, 0.6) is 5.75 Å². The van der Waals surface area contributed by atoms with Crippen LogP contribution in [0.2, 0.25) is 5.02 Å². The monoisotopic (exact) mass is 370 g/mol. The summed E-state index contributed by atoms with van der Waals surface area (Å²) in [7, 11) is 0. The lowest BCUT2D eigenvalue weighted by Crippen LogP contribution is -2.12. The van der Waals surface area contributed by atoms with Gasteiger partial charge in [0.2, 0.25) is 0 Å². The number of halogens is 1. The fourth-order valence-electron chi connectivity index (χ4n) is 2.19. The van der Waals surface area contributed by atoms with Gasteiger partial charge in [-0.1, -0.05) is 29.4 Å². The van der Waals surface area contributed by atoms with Crippen molar-refractivity contribution in [2.75, 3.05) is 11.1 Å². The van der Waals surface area contributed by atoms with Gasteiger partial charge in [-0.2, -0.15) is 0 Å². The number of nitrogen functional groups attached to an aromatic ring is 1. The molecule has 25 heavy (non-hydrogen) atoms. The SMILES string of the molecule is Nc1cc(NC(=O)c2cccc(Cl)c2)ccc1Sc1ccc(O)cc1. The highest BCUT2D eigenvalue weighted by Gasteiger charge is 2.09. The molecule has 0 saturated heterocycles. The molecule has 0 spiro atoms. The average Bonchev–Trinajstić information content (AvgIpc) is 2.59. The van der Waals surface area contributed by atoms with E-state index in [1.807, 2.05) is 18.2 Å². The van der Waals surface area contributed by atoms with E-state index in [2.05, 4.69) is 5.32 Å². The molecule has 4 N–H and O–H groups in total. The van der Waals surface area contributed by atoms with Gasteiger partial charge < -0.3 is 16.2 Å². The zero-order valence-electron chi connectivity index (χ0n) is 13.1. The topological polar surface area (TPSA) is 75.3 Å². The lowest BCUT2D eigenvalue weighted by molar-refractivity contribution is 0.102. The quantitative estimate of drug-likeness (QED) is 0.563. The zero-order valence-corrected chi connectivity index (χ0v) is 14.6. The minimum absolute atomic E-state index is 0.219.